The standard InChI is InChI=1S/C32H56Cl2O2/c1-3-5-7-9-11-13-15-17-19-21-23-35-31-25-30(28-34)32(26-29(31)27-33)36-24-22-20-18-16-14-12-10-8-6-4-2/h25-26H,3-24,27-28H2,1-2H3. The molecular formula is C32H56Cl2O2. The lowest BCUT2D eigenvalue weighted by molar-refractivity contribution is 0.292. The predicted molar refractivity (Wildman–Crippen MR) is 160 cm³/mol. The highest BCUT2D eigenvalue weighted by atomic mass is 35.5. The molecule has 0 spiro atoms. The first-order chi connectivity index (χ1) is 17.8. The van der Waals surface area contributed by atoms with Gasteiger partial charge < -0.3 is 9.47 Å². The Morgan fingerprint density at radius 1 is 0.444 bits per heavy atom. The smallest absolute Gasteiger partial charge is 0.124 e. The van der Waals surface area contributed by atoms with Crippen LogP contribution in [-0.4, -0.2) is 13.2 Å². The lowest BCUT2D eigenvalue weighted by Gasteiger charge is -2.16. The van der Waals surface area contributed by atoms with Gasteiger partial charge in [-0.25, -0.2) is 0 Å². The van der Waals surface area contributed by atoms with E-state index < -0.39 is 0 Å². The van der Waals surface area contributed by atoms with Crippen molar-refractivity contribution in [2.75, 3.05) is 13.2 Å². The summed E-state index contributed by atoms with van der Waals surface area (Å²) < 4.78 is 12.2. The van der Waals surface area contributed by atoms with Crippen molar-refractivity contribution in [1.82, 2.24) is 0 Å². The molecule has 2 nitrogen and oxygen atoms in total. The van der Waals surface area contributed by atoms with Crippen LogP contribution in [0.4, 0.5) is 0 Å². The van der Waals surface area contributed by atoms with Crippen molar-refractivity contribution in [3.05, 3.63) is 23.3 Å². The average Bonchev–Trinajstić information content (AvgIpc) is 2.90. The molecule has 0 saturated heterocycles. The zero-order valence-electron chi connectivity index (χ0n) is 23.7. The third kappa shape index (κ3) is 17.0. The van der Waals surface area contributed by atoms with Crippen LogP contribution in [0.5, 0.6) is 11.5 Å². The number of unbranched alkanes of at least 4 members (excludes halogenated alkanes) is 18. The molecule has 0 fully saturated rings. The number of hydrogen-bond acceptors (Lipinski definition) is 2. The maximum atomic E-state index is 6.25. The lowest BCUT2D eigenvalue weighted by Crippen LogP contribution is -2.04. The van der Waals surface area contributed by atoms with E-state index in [1.54, 1.807) is 0 Å². The van der Waals surface area contributed by atoms with Gasteiger partial charge in [-0.05, 0) is 25.0 Å². The summed E-state index contributed by atoms with van der Waals surface area (Å²) in [6.07, 6.45) is 26.5. The van der Waals surface area contributed by atoms with Crippen LogP contribution in [0.25, 0.3) is 0 Å². The second kappa shape index (κ2) is 24.7. The molecule has 0 saturated carbocycles. The first-order valence-corrected chi connectivity index (χ1v) is 16.4. The van der Waals surface area contributed by atoms with Gasteiger partial charge >= 0.3 is 0 Å². The van der Waals surface area contributed by atoms with Gasteiger partial charge in [0.05, 0.1) is 25.0 Å². The maximum absolute atomic E-state index is 6.25. The highest BCUT2D eigenvalue weighted by Gasteiger charge is 2.12. The molecule has 1 aromatic rings. The van der Waals surface area contributed by atoms with Crippen LogP contribution in [0.3, 0.4) is 0 Å². The molecule has 0 aromatic heterocycles. The molecule has 210 valence electrons. The molecule has 0 atom stereocenters. The van der Waals surface area contributed by atoms with Gasteiger partial charge in [0.15, 0.2) is 0 Å². The van der Waals surface area contributed by atoms with Crippen LogP contribution >= 0.6 is 23.2 Å². The second-order valence-corrected chi connectivity index (χ2v) is 10.9. The zero-order chi connectivity index (χ0) is 26.1. The highest BCUT2D eigenvalue weighted by molar-refractivity contribution is 6.18. The molecule has 1 rings (SSSR count). The van der Waals surface area contributed by atoms with Gasteiger partial charge in [0, 0.05) is 11.1 Å². The summed E-state index contributed by atoms with van der Waals surface area (Å²) >= 11 is 12.5. The largest absolute Gasteiger partial charge is 0.493 e. The van der Waals surface area contributed by atoms with E-state index in [4.69, 9.17) is 32.7 Å². The van der Waals surface area contributed by atoms with Gasteiger partial charge in [-0.2, -0.15) is 0 Å². The third-order valence-electron chi connectivity index (χ3n) is 7.04. The monoisotopic (exact) mass is 542 g/mol. The van der Waals surface area contributed by atoms with E-state index in [1.165, 1.54) is 116 Å². The number of ether oxygens (including phenoxy) is 2. The highest BCUT2D eigenvalue weighted by Crippen LogP contribution is 2.32. The Hall–Kier alpha value is -0.600. The SMILES string of the molecule is CCCCCCCCCCCCOc1cc(CCl)c(OCCCCCCCCCCCC)cc1CCl. The van der Waals surface area contributed by atoms with Crippen molar-refractivity contribution in [1.29, 1.82) is 0 Å². The molecule has 4 heteroatoms. The molecule has 0 unspecified atom stereocenters. The minimum atomic E-state index is 0.421. The number of rotatable bonds is 26. The van der Waals surface area contributed by atoms with Crippen LogP contribution in [0, 0.1) is 0 Å². The van der Waals surface area contributed by atoms with Crippen molar-refractivity contribution in [3.8, 4) is 11.5 Å². The van der Waals surface area contributed by atoms with E-state index in [1.807, 2.05) is 12.1 Å². The lowest BCUT2D eigenvalue weighted by atomic mass is 10.1. The zero-order valence-corrected chi connectivity index (χ0v) is 25.2. The number of benzene rings is 1. The van der Waals surface area contributed by atoms with Gasteiger partial charge in [-0.3, -0.25) is 0 Å². The Kier molecular flexibility index (Phi) is 23.0. The van der Waals surface area contributed by atoms with Gasteiger partial charge in [-0.1, -0.05) is 129 Å². The van der Waals surface area contributed by atoms with E-state index in [0.717, 1.165) is 48.7 Å². The van der Waals surface area contributed by atoms with Crippen LogP contribution in [-0.2, 0) is 11.8 Å². The van der Waals surface area contributed by atoms with Crippen LogP contribution in [0.1, 0.15) is 153 Å². The first-order valence-electron chi connectivity index (χ1n) is 15.3. The topological polar surface area (TPSA) is 18.5 Å². The van der Waals surface area contributed by atoms with E-state index in [-0.39, 0.29) is 0 Å². The molecule has 1 aromatic carbocycles. The van der Waals surface area contributed by atoms with Gasteiger partial charge in [0.25, 0.3) is 0 Å². The average molecular weight is 544 g/mol. The van der Waals surface area contributed by atoms with Crippen molar-refractivity contribution < 1.29 is 9.47 Å². The molecule has 0 bridgehead atoms. The summed E-state index contributed by atoms with van der Waals surface area (Å²) in [6, 6.07) is 4.07. The summed E-state index contributed by atoms with van der Waals surface area (Å²) in [5.41, 5.74) is 1.99. The number of hydrogen-bond donors (Lipinski definition) is 0. The molecule has 36 heavy (non-hydrogen) atoms. The normalized spacial score (nSPS) is 11.2. The molecule has 0 N–H and O–H groups in total. The Morgan fingerprint density at radius 2 is 0.722 bits per heavy atom. The van der Waals surface area contributed by atoms with Crippen LogP contribution < -0.4 is 9.47 Å². The van der Waals surface area contributed by atoms with E-state index in [2.05, 4.69) is 13.8 Å². The number of alkyl halides is 2. The predicted octanol–water partition coefficient (Wildman–Crippen LogP) is 11.8. The van der Waals surface area contributed by atoms with E-state index in [9.17, 15) is 0 Å². The molecule has 0 heterocycles. The molecule has 0 amide bonds. The first kappa shape index (κ1) is 33.4. The van der Waals surface area contributed by atoms with Gasteiger partial charge in [-0.15, -0.1) is 23.2 Å². The van der Waals surface area contributed by atoms with Gasteiger partial charge in [0.2, 0.25) is 0 Å². The molecule has 0 aliphatic carbocycles. The fourth-order valence-electron chi connectivity index (χ4n) is 4.66. The quantitative estimate of drug-likeness (QED) is 0.0854. The molecule has 0 radical (unpaired) electrons. The van der Waals surface area contributed by atoms with Crippen LogP contribution in [0.2, 0.25) is 0 Å². The summed E-state index contributed by atoms with van der Waals surface area (Å²) in [7, 11) is 0. The molecular weight excluding hydrogens is 487 g/mol. The Morgan fingerprint density at radius 3 is 1.00 bits per heavy atom. The summed E-state index contributed by atoms with van der Waals surface area (Å²) in [4.78, 5) is 0. The number of halogens is 2. The Bertz CT molecular complexity index is 567. The van der Waals surface area contributed by atoms with Crippen LogP contribution in [0.15, 0.2) is 12.1 Å². The van der Waals surface area contributed by atoms with Crippen molar-refractivity contribution >= 4 is 23.2 Å². The fraction of sp³-hybridized carbons (Fsp3) is 0.812. The molecule has 0 aliphatic rings. The van der Waals surface area contributed by atoms with E-state index in [0.29, 0.717) is 11.8 Å². The summed E-state index contributed by atoms with van der Waals surface area (Å²) in [5.74, 6) is 2.57. The van der Waals surface area contributed by atoms with Crippen molar-refractivity contribution in [2.24, 2.45) is 0 Å². The van der Waals surface area contributed by atoms with Crippen molar-refractivity contribution in [3.63, 3.8) is 0 Å². The minimum Gasteiger partial charge on any atom is -0.493 e. The minimum absolute atomic E-state index is 0.421. The Labute approximate surface area is 234 Å². The maximum Gasteiger partial charge on any atom is 0.124 e. The van der Waals surface area contributed by atoms with Crippen molar-refractivity contribution in [2.45, 2.75) is 154 Å². The second-order valence-electron chi connectivity index (χ2n) is 10.4. The summed E-state index contributed by atoms with van der Waals surface area (Å²) in [6.45, 7) is 6.02. The fourth-order valence-corrected chi connectivity index (χ4v) is 5.08. The van der Waals surface area contributed by atoms with Gasteiger partial charge in [0.1, 0.15) is 11.5 Å². The summed E-state index contributed by atoms with van der Waals surface area (Å²) in [5, 5.41) is 0. The van der Waals surface area contributed by atoms with E-state index >= 15 is 0 Å². The third-order valence-corrected chi connectivity index (χ3v) is 7.62. The Balaban J connectivity index is 2.23. The molecule has 0 aliphatic heterocycles.